The molecule has 4 aliphatic rings. The molecule has 1 amide bonds. The van der Waals surface area contributed by atoms with Crippen LogP contribution in [0.15, 0.2) is 18.2 Å². The highest BCUT2D eigenvalue weighted by atomic mass is 35.5. The zero-order chi connectivity index (χ0) is 35.3. The van der Waals surface area contributed by atoms with Crippen LogP contribution in [0.5, 0.6) is 6.01 Å². The van der Waals surface area contributed by atoms with E-state index in [1.54, 1.807) is 0 Å². The summed E-state index contributed by atoms with van der Waals surface area (Å²) in [6.45, 7) is 3.93. The Kier molecular flexibility index (Phi) is 7.83. The van der Waals surface area contributed by atoms with Gasteiger partial charge in [-0.05, 0) is 51.1 Å². The normalized spacial score (nSPS) is 23.3. The molecule has 2 unspecified atom stereocenters. The lowest BCUT2D eigenvalue weighted by Crippen LogP contribution is -2.71. The molecule has 4 fully saturated rings. The minimum absolute atomic E-state index is 0.0222. The number of morpholine rings is 1. The Balaban J connectivity index is 1.22. The van der Waals surface area contributed by atoms with E-state index in [0.717, 1.165) is 30.7 Å². The molecular formula is C34H32ClF4N7O3S. The van der Waals surface area contributed by atoms with Gasteiger partial charge in [0.1, 0.15) is 45.8 Å². The molecule has 16 heteroatoms. The molecule has 5 heterocycles. The van der Waals surface area contributed by atoms with Crippen LogP contribution in [-0.4, -0.2) is 95.7 Å². The Labute approximate surface area is 293 Å². The molecule has 2 aromatic heterocycles. The number of nitrogens with two attached hydrogens (primary N) is 1. The fraction of sp³-hybridized carbons (Fsp3) is 0.471. The molecule has 2 aromatic carbocycles. The van der Waals surface area contributed by atoms with Gasteiger partial charge in [-0.3, -0.25) is 9.69 Å². The van der Waals surface area contributed by atoms with E-state index in [2.05, 4.69) is 9.88 Å². The van der Waals surface area contributed by atoms with Crippen LogP contribution in [0.3, 0.4) is 0 Å². The number of thiophene rings is 1. The van der Waals surface area contributed by atoms with Gasteiger partial charge in [0, 0.05) is 35.3 Å². The van der Waals surface area contributed by atoms with Crippen LogP contribution in [0.4, 0.5) is 28.4 Å². The number of aromatic nitrogens is 2. The van der Waals surface area contributed by atoms with E-state index in [4.69, 9.17) is 31.8 Å². The number of nitriles is 1. The summed E-state index contributed by atoms with van der Waals surface area (Å²) in [5, 5.41) is 10.4. The number of alkyl halides is 2. The van der Waals surface area contributed by atoms with Crippen LogP contribution in [0.2, 0.25) is 5.02 Å². The first-order chi connectivity index (χ1) is 23.8. The maximum atomic E-state index is 17.0. The van der Waals surface area contributed by atoms with E-state index in [-0.39, 0.29) is 92.1 Å². The Morgan fingerprint density at radius 3 is 2.68 bits per heavy atom. The van der Waals surface area contributed by atoms with E-state index >= 15 is 4.39 Å². The Hall–Kier alpha value is -3.97. The van der Waals surface area contributed by atoms with Crippen molar-refractivity contribution in [1.82, 2.24) is 19.8 Å². The van der Waals surface area contributed by atoms with Gasteiger partial charge in [-0.1, -0.05) is 17.7 Å². The second kappa shape index (κ2) is 11.8. The summed E-state index contributed by atoms with van der Waals surface area (Å²) in [6.07, 6.45) is 1.13. The van der Waals surface area contributed by atoms with Gasteiger partial charge < -0.3 is 25.0 Å². The average molecular weight is 730 g/mol. The summed E-state index contributed by atoms with van der Waals surface area (Å²) in [5.74, 6) is -5.93. The number of likely N-dealkylation sites (tertiary alicyclic amines) is 2. The number of likely N-dealkylation sites (N-methyl/N-ethyl adjacent to an activating group) is 1. The van der Waals surface area contributed by atoms with Gasteiger partial charge in [-0.25, -0.2) is 17.6 Å². The summed E-state index contributed by atoms with van der Waals surface area (Å²) in [4.78, 5) is 27.4. The van der Waals surface area contributed by atoms with Crippen molar-refractivity contribution in [2.24, 2.45) is 5.92 Å². The number of rotatable bonds is 6. The molecule has 50 heavy (non-hydrogen) atoms. The molecule has 10 nitrogen and oxygen atoms in total. The number of amides is 1. The molecule has 2 N–H and O–H groups in total. The quantitative estimate of drug-likeness (QED) is 0.245. The largest absolute Gasteiger partial charge is 0.459 e. The van der Waals surface area contributed by atoms with Crippen molar-refractivity contribution >= 4 is 60.7 Å². The summed E-state index contributed by atoms with van der Waals surface area (Å²) >= 11 is 7.74. The number of ether oxygens (including phenoxy) is 2. The Morgan fingerprint density at radius 1 is 1.24 bits per heavy atom. The van der Waals surface area contributed by atoms with Gasteiger partial charge in [0.2, 0.25) is 5.91 Å². The fourth-order valence-electron chi connectivity index (χ4n) is 7.71. The standard InChI is InChI=1S/C34H32ClF4N7O3S/c1-16(23-4-3-7-44(23)2)49-32-42-27-18(10-21(35)25(26(27)37)17-5-6-22(36)28-24(17)19(12-40)29(41)50-28)30(43-32)45-8-9-48-33(13-45)14-46(15-33)31(47)20-11-34(20,38)39/h5-6,10,16,20,23H,3-4,7-9,11,13-15,41H2,1-2H3/t16-,20?,23?/m0/s1. The first-order valence-electron chi connectivity index (χ1n) is 16.3. The summed E-state index contributed by atoms with van der Waals surface area (Å²) in [5.41, 5.74) is 5.26. The number of nitrogen functional groups attached to an aromatic ring is 1. The zero-order valence-corrected chi connectivity index (χ0v) is 28.7. The molecule has 4 aromatic rings. The first kappa shape index (κ1) is 33.2. The van der Waals surface area contributed by atoms with Crippen LogP contribution in [-0.2, 0) is 9.53 Å². The number of hydrogen-bond donors (Lipinski definition) is 1. The van der Waals surface area contributed by atoms with Crippen molar-refractivity contribution in [2.45, 2.75) is 49.9 Å². The lowest BCUT2D eigenvalue weighted by molar-refractivity contribution is -0.174. The fourth-order valence-corrected chi connectivity index (χ4v) is 8.95. The monoisotopic (exact) mass is 729 g/mol. The number of carbonyl (C=O) groups excluding carboxylic acids is 1. The molecule has 3 saturated heterocycles. The van der Waals surface area contributed by atoms with Crippen LogP contribution >= 0.6 is 22.9 Å². The number of fused-ring (bicyclic) bond motifs is 2. The molecule has 1 aliphatic carbocycles. The van der Waals surface area contributed by atoms with Crippen molar-refractivity contribution in [3.63, 3.8) is 0 Å². The van der Waals surface area contributed by atoms with Crippen molar-refractivity contribution in [2.75, 3.05) is 57.0 Å². The van der Waals surface area contributed by atoms with Gasteiger partial charge >= 0.3 is 6.01 Å². The molecule has 3 aliphatic heterocycles. The van der Waals surface area contributed by atoms with E-state index in [1.165, 1.54) is 23.1 Å². The second-order valence-corrected chi connectivity index (χ2v) is 15.2. The zero-order valence-electron chi connectivity index (χ0n) is 27.1. The van der Waals surface area contributed by atoms with E-state index in [9.17, 15) is 23.2 Å². The molecule has 0 bridgehead atoms. The third-order valence-electron chi connectivity index (χ3n) is 10.4. The molecule has 3 atom stereocenters. The number of benzene rings is 2. The number of hydrogen-bond acceptors (Lipinski definition) is 10. The summed E-state index contributed by atoms with van der Waals surface area (Å²) in [7, 11) is 2.01. The number of anilines is 2. The maximum absolute atomic E-state index is 17.0. The van der Waals surface area contributed by atoms with Gasteiger partial charge in [0.05, 0.1) is 41.5 Å². The van der Waals surface area contributed by atoms with Crippen LogP contribution in [0.25, 0.3) is 32.1 Å². The number of carbonyl (C=O) groups is 1. The van der Waals surface area contributed by atoms with Gasteiger partial charge in [0.25, 0.3) is 5.92 Å². The highest BCUT2D eigenvalue weighted by Crippen LogP contribution is 2.51. The third kappa shape index (κ3) is 5.30. The van der Waals surface area contributed by atoms with Gasteiger partial charge in [-0.15, -0.1) is 11.3 Å². The van der Waals surface area contributed by atoms with E-state index < -0.39 is 41.4 Å². The lowest BCUT2D eigenvalue weighted by atomic mass is 9.91. The molecule has 8 rings (SSSR count). The van der Waals surface area contributed by atoms with Crippen molar-refractivity contribution in [3.05, 3.63) is 40.4 Å². The highest BCUT2D eigenvalue weighted by molar-refractivity contribution is 7.23. The molecule has 1 saturated carbocycles. The van der Waals surface area contributed by atoms with Gasteiger partial charge in [-0.2, -0.15) is 15.2 Å². The summed E-state index contributed by atoms with van der Waals surface area (Å²) < 4.78 is 71.7. The Bertz CT molecular complexity index is 2120. The minimum Gasteiger partial charge on any atom is -0.459 e. The van der Waals surface area contributed by atoms with Crippen LogP contribution in [0.1, 0.15) is 31.7 Å². The topological polar surface area (TPSA) is 121 Å². The highest BCUT2D eigenvalue weighted by Gasteiger charge is 2.64. The molecule has 262 valence electrons. The van der Waals surface area contributed by atoms with Crippen LogP contribution in [0, 0.1) is 28.9 Å². The smallest absolute Gasteiger partial charge is 0.319 e. The summed E-state index contributed by atoms with van der Waals surface area (Å²) in [6, 6.07) is 6.12. The maximum Gasteiger partial charge on any atom is 0.319 e. The second-order valence-electron chi connectivity index (χ2n) is 13.7. The molecule has 1 spiro atoms. The third-order valence-corrected chi connectivity index (χ3v) is 11.7. The molecule has 0 radical (unpaired) electrons. The van der Waals surface area contributed by atoms with E-state index in [1.807, 2.05) is 24.9 Å². The van der Waals surface area contributed by atoms with Crippen molar-refractivity contribution < 1.29 is 31.8 Å². The predicted octanol–water partition coefficient (Wildman–Crippen LogP) is 5.83. The minimum atomic E-state index is -2.96. The van der Waals surface area contributed by atoms with Crippen molar-refractivity contribution in [1.29, 1.82) is 5.26 Å². The van der Waals surface area contributed by atoms with E-state index in [0.29, 0.717) is 12.4 Å². The average Bonchev–Trinajstić information content (AvgIpc) is 3.33. The Morgan fingerprint density at radius 2 is 2.00 bits per heavy atom. The number of nitrogens with zero attached hydrogens (tertiary/aromatic N) is 6. The lowest BCUT2D eigenvalue weighted by Gasteiger charge is -2.54. The van der Waals surface area contributed by atoms with Crippen LogP contribution < -0.4 is 15.4 Å². The predicted molar refractivity (Wildman–Crippen MR) is 181 cm³/mol. The number of halogens is 5. The SMILES string of the molecule is C[C@H](Oc1nc(N2CCOC3(CN(C(=O)C4CC4(F)F)C3)C2)c2cc(Cl)c(-c3ccc(F)c4sc(N)c(C#N)c34)c(F)c2n1)C1CCCN1C. The molecular weight excluding hydrogens is 698 g/mol. The first-order valence-corrected chi connectivity index (χ1v) is 17.5. The van der Waals surface area contributed by atoms with Crippen molar-refractivity contribution in [3.8, 4) is 23.2 Å². The van der Waals surface area contributed by atoms with Gasteiger partial charge in [0.15, 0.2) is 5.82 Å².